The van der Waals surface area contributed by atoms with Gasteiger partial charge in [-0.05, 0) is 11.1 Å². The molecule has 80 valence electrons. The van der Waals surface area contributed by atoms with Crippen LogP contribution in [-0.2, 0) is 20.8 Å². The molecule has 0 saturated carbocycles. The van der Waals surface area contributed by atoms with Crippen molar-refractivity contribution in [2.45, 2.75) is 6.92 Å². The molecule has 0 spiro atoms. The minimum atomic E-state index is -0.826. The molecule has 0 unspecified atom stereocenters. The van der Waals surface area contributed by atoms with E-state index >= 15 is 0 Å². The van der Waals surface area contributed by atoms with Gasteiger partial charge in [0.15, 0.2) is 0 Å². The van der Waals surface area contributed by atoms with Gasteiger partial charge in [-0.15, -0.1) is 28.5 Å². The normalized spacial score (nSPS) is 9.67. The van der Waals surface area contributed by atoms with Crippen molar-refractivity contribution >= 4 is 51.0 Å². The van der Waals surface area contributed by atoms with E-state index in [-0.39, 0.29) is 0 Å². The number of benzene rings is 1. The third-order valence-electron chi connectivity index (χ3n) is 1.88. The van der Waals surface area contributed by atoms with Crippen molar-refractivity contribution in [2.75, 3.05) is 0 Å². The molecular formula is C10H7Cl4Zr-. The summed E-state index contributed by atoms with van der Waals surface area (Å²) in [7, 11) is 9.87. The monoisotopic (exact) mass is 357 g/mol. The molecule has 0 nitrogen and oxygen atoms in total. The van der Waals surface area contributed by atoms with Gasteiger partial charge >= 0.3 is 37.9 Å². The fourth-order valence-corrected chi connectivity index (χ4v) is 1.95. The molecule has 0 N–H and O–H groups in total. The fourth-order valence-electron chi connectivity index (χ4n) is 1.39. The molecule has 15 heavy (non-hydrogen) atoms. The molecular weight excluding hydrogens is 353 g/mol. The zero-order chi connectivity index (χ0) is 11.4. The first-order chi connectivity index (χ1) is 7.08. The van der Waals surface area contributed by atoms with Crippen LogP contribution in [0.15, 0.2) is 24.3 Å². The van der Waals surface area contributed by atoms with Gasteiger partial charge in [-0.2, -0.15) is 6.07 Å². The first-order valence-electron chi connectivity index (χ1n) is 4.07. The van der Waals surface area contributed by atoms with Gasteiger partial charge in [0.2, 0.25) is 0 Å². The molecule has 0 aromatic heterocycles. The van der Waals surface area contributed by atoms with Crippen molar-refractivity contribution in [3.05, 3.63) is 39.9 Å². The second-order valence-electron chi connectivity index (χ2n) is 2.99. The molecule has 5 heteroatoms. The van der Waals surface area contributed by atoms with E-state index in [1.54, 1.807) is 6.07 Å². The Balaban J connectivity index is 0.000000337. The number of halogens is 4. The Hall–Kier alpha value is 0.873. The Morgan fingerprint density at radius 1 is 1.13 bits per heavy atom. The first kappa shape index (κ1) is 13.9. The van der Waals surface area contributed by atoms with E-state index < -0.39 is 20.8 Å². The van der Waals surface area contributed by atoms with E-state index in [1.807, 2.05) is 13.0 Å². The molecule has 2 rings (SSSR count). The maximum absolute atomic E-state index is 5.99. The van der Waals surface area contributed by atoms with Crippen molar-refractivity contribution in [1.82, 2.24) is 0 Å². The van der Waals surface area contributed by atoms with Crippen LogP contribution >= 0.6 is 40.2 Å². The Morgan fingerprint density at radius 2 is 1.73 bits per heavy atom. The molecule has 0 saturated heterocycles. The first-order valence-corrected chi connectivity index (χ1v) is 11.2. The van der Waals surface area contributed by atoms with Crippen molar-refractivity contribution in [1.29, 1.82) is 0 Å². The molecule has 0 heterocycles. The summed E-state index contributed by atoms with van der Waals surface area (Å²) in [5, 5.41) is 3.62. The van der Waals surface area contributed by atoms with E-state index in [0.29, 0.717) is 5.02 Å². The molecule has 0 aliphatic rings. The standard InChI is InChI=1S/C10H7Cl2.2ClH.Zr/c1-6-2-7-4-8(11)5-10(12)9(7)3-6;;;/h2-5H,1H3;2*1H;/q-1;;;+2/p-2. The summed E-state index contributed by atoms with van der Waals surface area (Å²) in [4.78, 5) is 0. The number of fused-ring (bicyclic) bond motifs is 1. The average molecular weight is 360 g/mol. The third kappa shape index (κ3) is 3.98. The minimum absolute atomic E-state index is 0.693. The zero-order valence-corrected chi connectivity index (χ0v) is 13.3. The van der Waals surface area contributed by atoms with E-state index in [1.165, 1.54) is 5.56 Å². The summed E-state index contributed by atoms with van der Waals surface area (Å²) in [5.74, 6) is 0. The molecule has 2 aromatic rings. The summed E-state index contributed by atoms with van der Waals surface area (Å²) in [6, 6.07) is 7.84. The second kappa shape index (κ2) is 6.57. The third-order valence-corrected chi connectivity index (χ3v) is 2.41. The number of hydrogen-bond donors (Lipinski definition) is 0. The van der Waals surface area contributed by atoms with Crippen LogP contribution in [0, 0.1) is 6.92 Å². The molecule has 0 fully saturated rings. The fraction of sp³-hybridized carbons (Fsp3) is 0.100. The van der Waals surface area contributed by atoms with Crippen LogP contribution in [0.4, 0.5) is 0 Å². The second-order valence-corrected chi connectivity index (χ2v) is 7.57. The molecule has 0 aliphatic heterocycles. The van der Waals surface area contributed by atoms with Gasteiger partial charge in [0.1, 0.15) is 0 Å². The van der Waals surface area contributed by atoms with Crippen LogP contribution in [0.25, 0.3) is 10.8 Å². The zero-order valence-electron chi connectivity index (χ0n) is 7.82. The summed E-state index contributed by atoms with van der Waals surface area (Å²) >= 11 is 11.0. The summed E-state index contributed by atoms with van der Waals surface area (Å²) < 4.78 is 0. The van der Waals surface area contributed by atoms with Crippen LogP contribution in [0.5, 0.6) is 0 Å². The van der Waals surface area contributed by atoms with Crippen LogP contribution in [-0.4, -0.2) is 0 Å². The summed E-state index contributed by atoms with van der Waals surface area (Å²) in [5.41, 5.74) is 1.22. The SMILES string of the molecule is Cc1cc2c(Cl)cc(Cl)cc2[cH-]1.[Cl][Zr][Cl]. The Kier molecular flexibility index (Phi) is 6.10. The number of hydrogen-bond acceptors (Lipinski definition) is 0. The van der Waals surface area contributed by atoms with Gasteiger partial charge in [-0.1, -0.05) is 30.1 Å². The number of aryl methyl sites for hydroxylation is 1. The van der Waals surface area contributed by atoms with Crippen LogP contribution in [0.2, 0.25) is 10.0 Å². The average Bonchev–Trinajstić information content (AvgIpc) is 2.47. The van der Waals surface area contributed by atoms with Crippen molar-refractivity contribution in [3.8, 4) is 0 Å². The van der Waals surface area contributed by atoms with Gasteiger partial charge in [-0.25, -0.2) is 0 Å². The van der Waals surface area contributed by atoms with Gasteiger partial charge in [-0.3, -0.25) is 0 Å². The Morgan fingerprint density at radius 3 is 2.33 bits per heavy atom. The molecule has 0 amide bonds. The topological polar surface area (TPSA) is 0 Å². The van der Waals surface area contributed by atoms with Gasteiger partial charge in [0, 0.05) is 5.02 Å². The van der Waals surface area contributed by atoms with Gasteiger partial charge in [0.05, 0.1) is 0 Å². The predicted octanol–water partition coefficient (Wildman–Crippen LogP) is 5.55. The van der Waals surface area contributed by atoms with Crippen molar-refractivity contribution < 1.29 is 20.8 Å². The molecule has 2 aromatic carbocycles. The summed E-state index contributed by atoms with van der Waals surface area (Å²) in [6.07, 6.45) is 0. The Labute approximate surface area is 117 Å². The molecule has 0 bridgehead atoms. The summed E-state index contributed by atoms with van der Waals surface area (Å²) in [6.45, 7) is 2.05. The van der Waals surface area contributed by atoms with Crippen molar-refractivity contribution in [2.24, 2.45) is 0 Å². The van der Waals surface area contributed by atoms with E-state index in [9.17, 15) is 0 Å². The molecule has 0 atom stereocenters. The molecule has 0 aliphatic carbocycles. The van der Waals surface area contributed by atoms with Crippen molar-refractivity contribution in [3.63, 3.8) is 0 Å². The Bertz CT molecular complexity index is 450. The van der Waals surface area contributed by atoms with E-state index in [0.717, 1.165) is 15.8 Å². The maximum atomic E-state index is 5.99. The molecule has 0 radical (unpaired) electrons. The predicted molar refractivity (Wildman–Crippen MR) is 66.0 cm³/mol. The van der Waals surface area contributed by atoms with Crippen LogP contribution in [0.1, 0.15) is 5.56 Å². The van der Waals surface area contributed by atoms with E-state index in [4.69, 9.17) is 40.2 Å². The van der Waals surface area contributed by atoms with Gasteiger partial charge in [0.25, 0.3) is 0 Å². The van der Waals surface area contributed by atoms with E-state index in [2.05, 4.69) is 12.1 Å². The van der Waals surface area contributed by atoms with Gasteiger partial charge < -0.3 is 0 Å². The number of rotatable bonds is 0. The quantitative estimate of drug-likeness (QED) is 0.541. The van der Waals surface area contributed by atoms with Crippen LogP contribution < -0.4 is 0 Å². The van der Waals surface area contributed by atoms with Crippen LogP contribution in [0.3, 0.4) is 0 Å².